The van der Waals surface area contributed by atoms with Crippen LogP contribution in [0.2, 0.25) is 0 Å². The highest BCUT2D eigenvalue weighted by molar-refractivity contribution is 6.01. The van der Waals surface area contributed by atoms with E-state index in [0.717, 1.165) is 11.1 Å². The van der Waals surface area contributed by atoms with Gasteiger partial charge in [-0.2, -0.15) is 0 Å². The molecule has 3 amide bonds. The third-order valence-corrected chi connectivity index (χ3v) is 5.27. The van der Waals surface area contributed by atoms with Gasteiger partial charge >= 0.3 is 6.03 Å². The number of carbonyl (C=O) groups excluding carboxylic acids is 2. The van der Waals surface area contributed by atoms with E-state index in [1.807, 2.05) is 24.3 Å². The summed E-state index contributed by atoms with van der Waals surface area (Å²) < 4.78 is 10.7. The minimum atomic E-state index is -0.576. The van der Waals surface area contributed by atoms with Crippen molar-refractivity contribution in [2.45, 2.75) is 12.6 Å². The number of benzene rings is 1. The smallest absolute Gasteiger partial charge is 0.322 e. The maximum absolute atomic E-state index is 13.3. The van der Waals surface area contributed by atoms with Gasteiger partial charge < -0.3 is 19.7 Å². The van der Waals surface area contributed by atoms with E-state index >= 15 is 0 Å². The van der Waals surface area contributed by atoms with Crippen molar-refractivity contribution in [3.05, 3.63) is 65.1 Å². The number of nitrogens with zero attached hydrogens (tertiary/aromatic N) is 3. The highest BCUT2D eigenvalue weighted by Crippen LogP contribution is 2.38. The molecule has 1 atom stereocenters. The zero-order chi connectivity index (χ0) is 20.5. The van der Waals surface area contributed by atoms with Crippen molar-refractivity contribution in [3.63, 3.8) is 0 Å². The summed E-state index contributed by atoms with van der Waals surface area (Å²) in [4.78, 5) is 33.1. The Morgan fingerprint density at radius 1 is 1.10 bits per heavy atom. The van der Waals surface area contributed by atoms with Gasteiger partial charge in [0.25, 0.3) is 5.91 Å². The summed E-state index contributed by atoms with van der Waals surface area (Å²) in [6, 6.07) is 8.29. The zero-order valence-electron chi connectivity index (χ0n) is 16.5. The summed E-state index contributed by atoms with van der Waals surface area (Å²) >= 11 is 0. The van der Waals surface area contributed by atoms with E-state index in [1.54, 1.807) is 44.6 Å². The van der Waals surface area contributed by atoms with E-state index in [-0.39, 0.29) is 11.9 Å². The quantitative estimate of drug-likeness (QED) is 0.840. The van der Waals surface area contributed by atoms with E-state index in [4.69, 9.17) is 9.47 Å². The van der Waals surface area contributed by atoms with Gasteiger partial charge in [-0.15, -0.1) is 0 Å². The van der Waals surface area contributed by atoms with Gasteiger partial charge in [-0.05, 0) is 35.4 Å². The molecule has 2 aliphatic rings. The fraction of sp³-hybridized carbons (Fsp3) is 0.286. The minimum Gasteiger partial charge on any atom is -0.497 e. The molecule has 1 aromatic heterocycles. The number of aromatic nitrogens is 1. The van der Waals surface area contributed by atoms with E-state index in [2.05, 4.69) is 10.3 Å². The van der Waals surface area contributed by atoms with Crippen LogP contribution in [0.4, 0.5) is 4.79 Å². The fourth-order valence-electron chi connectivity index (χ4n) is 3.71. The molecule has 0 saturated carbocycles. The fourth-order valence-corrected chi connectivity index (χ4v) is 3.71. The Bertz CT molecular complexity index is 967. The number of amides is 3. The van der Waals surface area contributed by atoms with Crippen LogP contribution in [-0.4, -0.2) is 54.5 Å². The Kier molecular flexibility index (Phi) is 4.84. The van der Waals surface area contributed by atoms with E-state index in [0.29, 0.717) is 35.9 Å². The van der Waals surface area contributed by atoms with Crippen LogP contribution in [-0.2, 0) is 11.3 Å². The summed E-state index contributed by atoms with van der Waals surface area (Å²) in [5, 5.41) is 2.93. The Hall–Kier alpha value is -3.55. The third kappa shape index (κ3) is 3.37. The van der Waals surface area contributed by atoms with Gasteiger partial charge in [-0.25, -0.2) is 4.79 Å². The molecule has 8 nitrogen and oxygen atoms in total. The molecule has 4 rings (SSSR count). The normalized spacial score (nSPS) is 18.7. The van der Waals surface area contributed by atoms with Crippen LogP contribution in [0.3, 0.4) is 0 Å². The first-order valence-electron chi connectivity index (χ1n) is 9.20. The number of rotatable bonds is 5. The van der Waals surface area contributed by atoms with Crippen molar-refractivity contribution in [2.24, 2.45) is 0 Å². The van der Waals surface area contributed by atoms with Crippen molar-refractivity contribution in [1.29, 1.82) is 0 Å². The van der Waals surface area contributed by atoms with Gasteiger partial charge in [0.1, 0.15) is 11.5 Å². The zero-order valence-corrected chi connectivity index (χ0v) is 16.5. The lowest BCUT2D eigenvalue weighted by Crippen LogP contribution is -2.45. The van der Waals surface area contributed by atoms with Crippen LogP contribution < -0.4 is 14.8 Å². The van der Waals surface area contributed by atoms with Crippen LogP contribution >= 0.6 is 0 Å². The third-order valence-electron chi connectivity index (χ3n) is 5.27. The second kappa shape index (κ2) is 7.46. The van der Waals surface area contributed by atoms with Crippen LogP contribution in [0.25, 0.3) is 0 Å². The van der Waals surface area contributed by atoms with E-state index in [9.17, 15) is 9.59 Å². The summed E-state index contributed by atoms with van der Waals surface area (Å²) in [5.41, 5.74) is 2.99. The van der Waals surface area contributed by atoms with Crippen molar-refractivity contribution in [1.82, 2.24) is 20.1 Å². The second-order valence-electron chi connectivity index (χ2n) is 6.96. The average molecular weight is 394 g/mol. The number of likely N-dealkylation sites (N-methyl/N-ethyl adjacent to an activating group) is 1. The molecule has 1 aromatic carbocycles. The first-order chi connectivity index (χ1) is 14.0. The summed E-state index contributed by atoms with van der Waals surface area (Å²) in [7, 11) is 4.80. The standard InChI is InChI=1S/C21H22N4O4/c1-24-17-12-25(11-13-4-6-22-7-5-13)20(26)18(17)19(23-21(24)27)14-8-15(28-2)10-16(9-14)29-3/h4-10,19H,11-12H2,1-3H3,(H,23,27). The summed E-state index contributed by atoms with van der Waals surface area (Å²) in [6.07, 6.45) is 3.40. The monoisotopic (exact) mass is 394 g/mol. The molecule has 1 N–H and O–H groups in total. The first kappa shape index (κ1) is 18.8. The van der Waals surface area contributed by atoms with E-state index in [1.165, 1.54) is 4.90 Å². The van der Waals surface area contributed by atoms with Gasteiger partial charge in [0.15, 0.2) is 0 Å². The molecule has 1 unspecified atom stereocenters. The predicted octanol–water partition coefficient (Wildman–Crippen LogP) is 2.09. The van der Waals surface area contributed by atoms with Crippen LogP contribution in [0.1, 0.15) is 17.2 Å². The maximum Gasteiger partial charge on any atom is 0.322 e. The van der Waals surface area contributed by atoms with Gasteiger partial charge in [0, 0.05) is 32.1 Å². The second-order valence-corrected chi connectivity index (χ2v) is 6.96. The lowest BCUT2D eigenvalue weighted by molar-refractivity contribution is -0.126. The van der Waals surface area contributed by atoms with Gasteiger partial charge in [-0.3, -0.25) is 14.7 Å². The number of methoxy groups -OCH3 is 2. The highest BCUT2D eigenvalue weighted by Gasteiger charge is 2.43. The van der Waals surface area contributed by atoms with Gasteiger partial charge in [0.2, 0.25) is 0 Å². The summed E-state index contributed by atoms with van der Waals surface area (Å²) in [6.45, 7) is 0.822. The molecule has 0 aliphatic carbocycles. The van der Waals surface area contributed by atoms with E-state index < -0.39 is 6.04 Å². The predicted molar refractivity (Wildman–Crippen MR) is 105 cm³/mol. The molecular weight excluding hydrogens is 372 g/mol. The van der Waals surface area contributed by atoms with Crippen molar-refractivity contribution < 1.29 is 19.1 Å². The highest BCUT2D eigenvalue weighted by atomic mass is 16.5. The van der Waals surface area contributed by atoms with Crippen LogP contribution in [0.15, 0.2) is 54.0 Å². The molecule has 0 bridgehead atoms. The minimum absolute atomic E-state index is 0.101. The Balaban J connectivity index is 1.71. The Morgan fingerprint density at radius 3 is 2.38 bits per heavy atom. The summed E-state index contributed by atoms with van der Waals surface area (Å²) in [5.74, 6) is 1.08. The average Bonchev–Trinajstić information content (AvgIpc) is 3.07. The molecule has 0 radical (unpaired) electrons. The Labute approximate surface area is 168 Å². The van der Waals surface area contributed by atoms with Crippen molar-refractivity contribution >= 4 is 11.9 Å². The molecule has 150 valence electrons. The van der Waals surface area contributed by atoms with Gasteiger partial charge in [-0.1, -0.05) is 0 Å². The molecule has 2 aliphatic heterocycles. The number of nitrogens with one attached hydrogen (secondary N) is 1. The van der Waals surface area contributed by atoms with Crippen molar-refractivity contribution in [3.8, 4) is 11.5 Å². The molecule has 8 heteroatoms. The lowest BCUT2D eigenvalue weighted by Gasteiger charge is -2.31. The SMILES string of the molecule is COc1cc(OC)cc(C2NC(=O)N(C)C3=C2C(=O)N(Cc2ccncc2)C3)c1. The number of ether oxygens (including phenoxy) is 2. The number of hydrogen-bond donors (Lipinski definition) is 1. The molecular formula is C21H22N4O4. The molecule has 0 saturated heterocycles. The van der Waals surface area contributed by atoms with Crippen LogP contribution in [0, 0.1) is 0 Å². The number of carbonyl (C=O) groups is 2. The largest absolute Gasteiger partial charge is 0.497 e. The van der Waals surface area contributed by atoms with Crippen LogP contribution in [0.5, 0.6) is 11.5 Å². The molecule has 3 heterocycles. The number of urea groups is 1. The lowest BCUT2D eigenvalue weighted by atomic mass is 9.95. The van der Waals surface area contributed by atoms with Crippen molar-refractivity contribution in [2.75, 3.05) is 27.8 Å². The molecule has 29 heavy (non-hydrogen) atoms. The molecule has 2 aromatic rings. The number of hydrogen-bond acceptors (Lipinski definition) is 5. The maximum atomic E-state index is 13.3. The van der Waals surface area contributed by atoms with Gasteiger partial charge in [0.05, 0.1) is 38.1 Å². The molecule has 0 spiro atoms. The first-order valence-corrected chi connectivity index (χ1v) is 9.20. The topological polar surface area (TPSA) is 84.0 Å². The molecule has 0 fully saturated rings. The Morgan fingerprint density at radius 2 is 1.76 bits per heavy atom. The number of pyridine rings is 1.